The number of carbonyl (C=O) groups excluding carboxylic acids is 1. The van der Waals surface area contributed by atoms with Gasteiger partial charge in [-0.1, -0.05) is 0 Å². The zero-order valence-corrected chi connectivity index (χ0v) is 11.4. The van der Waals surface area contributed by atoms with Crippen molar-refractivity contribution in [2.75, 3.05) is 13.2 Å². The molecule has 2 N–H and O–H groups in total. The van der Waals surface area contributed by atoms with Gasteiger partial charge in [0.2, 0.25) is 0 Å². The second kappa shape index (κ2) is 7.00. The quantitative estimate of drug-likeness (QED) is 0.652. The minimum absolute atomic E-state index is 0.00442. The monoisotopic (exact) mass is 295 g/mol. The van der Waals surface area contributed by atoms with Gasteiger partial charge in [0, 0.05) is 18.7 Å². The van der Waals surface area contributed by atoms with E-state index in [1.54, 1.807) is 17.0 Å². The number of hydrogen-bond acceptors (Lipinski definition) is 6. The molecule has 1 heterocycles. The summed E-state index contributed by atoms with van der Waals surface area (Å²) in [6.45, 7) is 0.975. The summed E-state index contributed by atoms with van der Waals surface area (Å²) in [5.74, 6) is 5.04. The molecule has 0 aromatic heterocycles. The number of non-ortho nitro benzene ring substituents is 1. The summed E-state index contributed by atoms with van der Waals surface area (Å²) in [4.78, 5) is 28.2. The van der Waals surface area contributed by atoms with Gasteiger partial charge in [-0.2, -0.15) is 0 Å². The third-order valence-electron chi connectivity index (χ3n) is 3.41. The van der Waals surface area contributed by atoms with Gasteiger partial charge in [-0.3, -0.25) is 10.1 Å². The number of nitro groups is 1. The lowest BCUT2D eigenvalue weighted by molar-refractivity contribution is -0.384. The van der Waals surface area contributed by atoms with E-state index in [0.717, 1.165) is 12.8 Å². The van der Waals surface area contributed by atoms with Crippen molar-refractivity contribution in [1.29, 1.82) is 0 Å². The van der Waals surface area contributed by atoms with E-state index in [1.807, 2.05) is 0 Å². The fourth-order valence-electron chi connectivity index (χ4n) is 2.30. The highest BCUT2D eigenvalue weighted by atomic mass is 16.6. The molecule has 0 bridgehead atoms. The molecule has 0 saturated carbocycles. The molecule has 0 radical (unpaired) electrons. The summed E-state index contributed by atoms with van der Waals surface area (Å²) in [6.07, 6.45) is 1.30. The van der Waals surface area contributed by atoms with Gasteiger partial charge < -0.3 is 14.5 Å². The SMILES string of the molecule is NOCC1CCCN1C(=O)OCc1ccc([N+](=O)[O-])cc1. The Kier molecular flexibility index (Phi) is 5.07. The van der Waals surface area contributed by atoms with Crippen LogP contribution in [0.1, 0.15) is 18.4 Å². The highest BCUT2D eigenvalue weighted by Gasteiger charge is 2.29. The predicted octanol–water partition coefficient (Wildman–Crippen LogP) is 1.59. The first-order valence-corrected chi connectivity index (χ1v) is 6.60. The first-order valence-electron chi connectivity index (χ1n) is 6.60. The number of benzene rings is 1. The Balaban J connectivity index is 1.87. The average molecular weight is 295 g/mol. The van der Waals surface area contributed by atoms with Crippen LogP contribution in [-0.4, -0.2) is 35.1 Å². The lowest BCUT2D eigenvalue weighted by atomic mass is 10.2. The van der Waals surface area contributed by atoms with Crippen LogP contribution in [0.5, 0.6) is 0 Å². The highest BCUT2D eigenvalue weighted by molar-refractivity contribution is 5.68. The van der Waals surface area contributed by atoms with E-state index in [0.29, 0.717) is 12.1 Å². The van der Waals surface area contributed by atoms with Crippen LogP contribution in [0.15, 0.2) is 24.3 Å². The van der Waals surface area contributed by atoms with Crippen LogP contribution in [-0.2, 0) is 16.2 Å². The molecule has 8 nitrogen and oxygen atoms in total. The van der Waals surface area contributed by atoms with Crippen molar-refractivity contribution < 1.29 is 19.3 Å². The molecule has 1 atom stereocenters. The normalized spacial score (nSPS) is 17.8. The molecule has 114 valence electrons. The topological polar surface area (TPSA) is 108 Å². The van der Waals surface area contributed by atoms with Crippen LogP contribution in [0.2, 0.25) is 0 Å². The summed E-state index contributed by atoms with van der Waals surface area (Å²) in [5.41, 5.74) is 0.699. The number of rotatable bonds is 5. The standard InChI is InChI=1S/C13H17N3O5/c14-21-9-12-2-1-7-15(12)13(17)20-8-10-3-5-11(6-4-10)16(18)19/h3-6,12H,1-2,7-9,14H2. The van der Waals surface area contributed by atoms with Gasteiger partial charge in [-0.15, -0.1) is 0 Å². The van der Waals surface area contributed by atoms with Gasteiger partial charge in [0.05, 0.1) is 17.6 Å². The van der Waals surface area contributed by atoms with E-state index in [1.165, 1.54) is 12.1 Å². The number of hydrogen-bond donors (Lipinski definition) is 1. The molecule has 1 fully saturated rings. The Morgan fingerprint density at radius 1 is 1.43 bits per heavy atom. The van der Waals surface area contributed by atoms with Crippen molar-refractivity contribution in [1.82, 2.24) is 4.90 Å². The number of ether oxygens (including phenoxy) is 1. The number of carbonyl (C=O) groups is 1. The average Bonchev–Trinajstić information content (AvgIpc) is 2.94. The Morgan fingerprint density at radius 3 is 2.76 bits per heavy atom. The van der Waals surface area contributed by atoms with Gasteiger partial charge in [0.1, 0.15) is 6.61 Å². The maximum atomic E-state index is 12.0. The third kappa shape index (κ3) is 3.89. The van der Waals surface area contributed by atoms with Crippen molar-refractivity contribution in [3.8, 4) is 0 Å². The minimum atomic E-state index is -0.475. The van der Waals surface area contributed by atoms with Gasteiger partial charge in [0.25, 0.3) is 5.69 Å². The number of amides is 1. The van der Waals surface area contributed by atoms with Crippen molar-refractivity contribution in [3.05, 3.63) is 39.9 Å². The molecule has 0 spiro atoms. The molecular formula is C13H17N3O5. The van der Waals surface area contributed by atoms with Gasteiger partial charge in [-0.25, -0.2) is 10.7 Å². The third-order valence-corrected chi connectivity index (χ3v) is 3.41. The molecule has 1 aromatic rings. The van der Waals surface area contributed by atoms with Crippen LogP contribution in [0, 0.1) is 10.1 Å². The van der Waals surface area contributed by atoms with Crippen molar-refractivity contribution in [3.63, 3.8) is 0 Å². The minimum Gasteiger partial charge on any atom is -0.445 e. The zero-order valence-electron chi connectivity index (χ0n) is 11.4. The fourth-order valence-corrected chi connectivity index (χ4v) is 2.30. The van der Waals surface area contributed by atoms with Gasteiger partial charge in [0.15, 0.2) is 0 Å². The fraction of sp³-hybridized carbons (Fsp3) is 0.462. The van der Waals surface area contributed by atoms with Crippen LogP contribution in [0.3, 0.4) is 0 Å². The summed E-state index contributed by atoms with van der Waals surface area (Å²) in [6, 6.07) is 5.83. The van der Waals surface area contributed by atoms with E-state index in [2.05, 4.69) is 4.84 Å². The van der Waals surface area contributed by atoms with Crippen molar-refractivity contribution >= 4 is 11.8 Å². The maximum absolute atomic E-state index is 12.0. The van der Waals surface area contributed by atoms with Crippen LogP contribution in [0.4, 0.5) is 10.5 Å². The van der Waals surface area contributed by atoms with E-state index in [9.17, 15) is 14.9 Å². The van der Waals surface area contributed by atoms with Crippen LogP contribution in [0.25, 0.3) is 0 Å². The molecule has 1 aromatic carbocycles. The number of nitrogens with zero attached hydrogens (tertiary/aromatic N) is 2. The van der Waals surface area contributed by atoms with Crippen LogP contribution >= 0.6 is 0 Å². The van der Waals surface area contributed by atoms with E-state index in [-0.39, 0.29) is 24.9 Å². The Labute approximate surface area is 121 Å². The molecule has 1 unspecified atom stereocenters. The van der Waals surface area contributed by atoms with Crippen molar-refractivity contribution in [2.45, 2.75) is 25.5 Å². The Morgan fingerprint density at radius 2 is 2.14 bits per heavy atom. The van der Waals surface area contributed by atoms with Crippen LogP contribution < -0.4 is 5.90 Å². The zero-order chi connectivity index (χ0) is 15.2. The molecule has 8 heteroatoms. The summed E-state index contributed by atoms with van der Waals surface area (Å²) in [7, 11) is 0. The lowest BCUT2D eigenvalue weighted by Crippen LogP contribution is -2.39. The van der Waals surface area contributed by atoms with E-state index >= 15 is 0 Å². The highest BCUT2D eigenvalue weighted by Crippen LogP contribution is 2.19. The first-order chi connectivity index (χ1) is 10.1. The molecule has 2 rings (SSSR count). The molecule has 1 aliphatic heterocycles. The first kappa shape index (κ1) is 15.2. The van der Waals surface area contributed by atoms with Gasteiger partial charge >= 0.3 is 6.09 Å². The largest absolute Gasteiger partial charge is 0.445 e. The van der Waals surface area contributed by atoms with Crippen molar-refractivity contribution in [2.24, 2.45) is 5.90 Å². The van der Waals surface area contributed by atoms with E-state index in [4.69, 9.17) is 10.6 Å². The second-order valence-corrected chi connectivity index (χ2v) is 4.80. The molecule has 21 heavy (non-hydrogen) atoms. The van der Waals surface area contributed by atoms with E-state index < -0.39 is 11.0 Å². The summed E-state index contributed by atoms with van der Waals surface area (Å²) in [5, 5.41) is 10.5. The molecule has 0 aliphatic carbocycles. The number of likely N-dealkylation sites (tertiary alicyclic amines) is 1. The molecule has 1 saturated heterocycles. The Hall–Kier alpha value is -2.19. The lowest BCUT2D eigenvalue weighted by Gasteiger charge is -2.23. The summed E-state index contributed by atoms with van der Waals surface area (Å²) < 4.78 is 5.21. The maximum Gasteiger partial charge on any atom is 0.410 e. The summed E-state index contributed by atoms with van der Waals surface area (Å²) >= 11 is 0. The van der Waals surface area contributed by atoms with Gasteiger partial charge in [-0.05, 0) is 30.5 Å². The molecule has 1 amide bonds. The Bertz CT molecular complexity index is 505. The smallest absolute Gasteiger partial charge is 0.410 e. The second-order valence-electron chi connectivity index (χ2n) is 4.80. The number of nitrogens with two attached hydrogens (primary N) is 1. The molecule has 1 aliphatic rings. The molecular weight excluding hydrogens is 278 g/mol. The predicted molar refractivity (Wildman–Crippen MR) is 73.1 cm³/mol. The number of nitro benzene ring substituents is 1.